The van der Waals surface area contributed by atoms with E-state index in [-0.39, 0.29) is 5.69 Å². The minimum atomic E-state index is -0.483. The van der Waals surface area contributed by atoms with Gasteiger partial charge in [0.25, 0.3) is 0 Å². The summed E-state index contributed by atoms with van der Waals surface area (Å²) in [5.74, 6) is -0.483. The summed E-state index contributed by atoms with van der Waals surface area (Å²) in [6, 6.07) is 1.44. The van der Waals surface area contributed by atoms with Crippen LogP contribution in [0.4, 0.5) is 0 Å². The largest absolute Gasteiger partial charge is 0.464 e. The number of nitrogens with zero attached hydrogens (tertiary/aromatic N) is 1. The molecule has 0 aromatic carbocycles. The molecule has 0 atom stereocenters. The van der Waals surface area contributed by atoms with Crippen LogP contribution in [0.15, 0.2) is 16.9 Å². The average Bonchev–Trinajstić information content (AvgIpc) is 2.37. The quantitative estimate of drug-likeness (QED) is 0.514. The monoisotopic (exact) mass is 127 g/mol. The number of methoxy groups -OCH3 is 1. The summed E-state index contributed by atoms with van der Waals surface area (Å²) in [5.41, 5.74) is 0.192. The van der Waals surface area contributed by atoms with Crippen LogP contribution in [0.1, 0.15) is 10.5 Å². The zero-order valence-corrected chi connectivity index (χ0v) is 4.83. The molecule has 4 heteroatoms. The lowest BCUT2D eigenvalue weighted by molar-refractivity contribution is 0.0589. The number of rotatable bonds is 1. The Hall–Kier alpha value is -1.32. The van der Waals surface area contributed by atoms with E-state index in [2.05, 4.69) is 14.4 Å². The second-order valence-electron chi connectivity index (χ2n) is 1.38. The van der Waals surface area contributed by atoms with Gasteiger partial charge in [0, 0.05) is 6.07 Å². The van der Waals surface area contributed by atoms with Crippen LogP contribution >= 0.6 is 0 Å². The first-order valence-electron chi connectivity index (χ1n) is 2.33. The van der Waals surface area contributed by atoms with Crippen molar-refractivity contribution in [2.24, 2.45) is 0 Å². The molecule has 1 heterocycles. The molecule has 1 aromatic heterocycles. The predicted octanol–water partition coefficient (Wildman–Crippen LogP) is 0.461. The second kappa shape index (κ2) is 2.30. The lowest BCUT2D eigenvalue weighted by atomic mass is 10.4. The van der Waals surface area contributed by atoms with Crippen LogP contribution in [-0.4, -0.2) is 18.2 Å². The van der Waals surface area contributed by atoms with Gasteiger partial charge in [-0.25, -0.2) is 4.79 Å². The Balaban J connectivity index is 2.77. The summed E-state index contributed by atoms with van der Waals surface area (Å²) in [6.07, 6.45) is 1.31. The Morgan fingerprint density at radius 1 is 1.89 bits per heavy atom. The Kier molecular flexibility index (Phi) is 1.48. The van der Waals surface area contributed by atoms with E-state index in [0.29, 0.717) is 0 Å². The van der Waals surface area contributed by atoms with Crippen molar-refractivity contribution in [3.63, 3.8) is 0 Å². The molecule has 48 valence electrons. The van der Waals surface area contributed by atoms with E-state index in [4.69, 9.17) is 0 Å². The minimum Gasteiger partial charge on any atom is -0.464 e. The van der Waals surface area contributed by atoms with Crippen molar-refractivity contribution in [2.45, 2.75) is 0 Å². The first-order chi connectivity index (χ1) is 4.34. The Bertz CT molecular complexity index is 192. The third-order valence-corrected chi connectivity index (χ3v) is 0.832. The van der Waals surface area contributed by atoms with Crippen molar-refractivity contribution >= 4 is 5.97 Å². The Morgan fingerprint density at radius 3 is 3.11 bits per heavy atom. The zero-order valence-electron chi connectivity index (χ0n) is 4.83. The van der Waals surface area contributed by atoms with Crippen LogP contribution in [0, 0.1) is 0 Å². The molecular formula is C5H5NO3. The highest BCUT2D eigenvalue weighted by molar-refractivity contribution is 5.86. The molecule has 0 unspecified atom stereocenters. The maximum atomic E-state index is 10.5. The number of carbonyl (C=O) groups is 1. The molecule has 0 saturated carbocycles. The van der Waals surface area contributed by atoms with Gasteiger partial charge < -0.3 is 9.26 Å². The van der Waals surface area contributed by atoms with Gasteiger partial charge in [-0.2, -0.15) is 0 Å². The smallest absolute Gasteiger partial charge is 0.360 e. The van der Waals surface area contributed by atoms with Crippen molar-refractivity contribution in [2.75, 3.05) is 7.11 Å². The fourth-order valence-electron chi connectivity index (χ4n) is 0.422. The average molecular weight is 127 g/mol. The standard InChI is InChI=1S/C5H5NO3/c1-8-5(7)4-2-3-9-6-4/h2-3H,1H3. The van der Waals surface area contributed by atoms with E-state index in [9.17, 15) is 4.79 Å². The predicted molar refractivity (Wildman–Crippen MR) is 27.8 cm³/mol. The Morgan fingerprint density at radius 2 is 2.67 bits per heavy atom. The summed E-state index contributed by atoms with van der Waals surface area (Å²) in [7, 11) is 1.29. The highest BCUT2D eigenvalue weighted by atomic mass is 16.5. The first kappa shape index (κ1) is 5.81. The number of carbonyl (C=O) groups excluding carboxylic acids is 1. The van der Waals surface area contributed by atoms with Crippen molar-refractivity contribution in [3.8, 4) is 0 Å². The molecule has 0 radical (unpaired) electrons. The summed E-state index contributed by atoms with van der Waals surface area (Å²) in [5, 5.41) is 3.34. The van der Waals surface area contributed by atoms with E-state index in [0.717, 1.165) is 0 Å². The molecule has 9 heavy (non-hydrogen) atoms. The van der Waals surface area contributed by atoms with Crippen LogP contribution in [0.2, 0.25) is 0 Å². The summed E-state index contributed by atoms with van der Waals surface area (Å²) < 4.78 is 8.72. The number of hydrogen-bond acceptors (Lipinski definition) is 4. The highest BCUT2D eigenvalue weighted by Gasteiger charge is 2.06. The Labute approximate surface area is 51.4 Å². The van der Waals surface area contributed by atoms with Crippen LogP contribution in [-0.2, 0) is 4.74 Å². The third-order valence-electron chi connectivity index (χ3n) is 0.832. The molecule has 0 fully saturated rings. The fraction of sp³-hybridized carbons (Fsp3) is 0.200. The topological polar surface area (TPSA) is 52.3 Å². The van der Waals surface area contributed by atoms with Gasteiger partial charge in [0.05, 0.1) is 7.11 Å². The molecule has 0 aliphatic rings. The third kappa shape index (κ3) is 1.07. The maximum absolute atomic E-state index is 10.5. The van der Waals surface area contributed by atoms with Crippen LogP contribution in [0.3, 0.4) is 0 Å². The van der Waals surface area contributed by atoms with E-state index < -0.39 is 5.97 Å². The van der Waals surface area contributed by atoms with Gasteiger partial charge >= 0.3 is 5.97 Å². The number of hydrogen-bond donors (Lipinski definition) is 0. The second-order valence-corrected chi connectivity index (χ2v) is 1.38. The van der Waals surface area contributed by atoms with Gasteiger partial charge in [-0.3, -0.25) is 0 Å². The van der Waals surface area contributed by atoms with E-state index >= 15 is 0 Å². The molecule has 0 amide bonds. The van der Waals surface area contributed by atoms with Crippen LogP contribution in [0.5, 0.6) is 0 Å². The SMILES string of the molecule is COC(=O)c1ccon1. The van der Waals surface area contributed by atoms with Gasteiger partial charge in [-0.05, 0) is 0 Å². The van der Waals surface area contributed by atoms with Crippen molar-refractivity contribution in [3.05, 3.63) is 18.0 Å². The summed E-state index contributed by atoms with van der Waals surface area (Å²) >= 11 is 0. The zero-order chi connectivity index (χ0) is 6.69. The number of aromatic nitrogens is 1. The summed E-state index contributed by atoms with van der Waals surface area (Å²) in [4.78, 5) is 10.5. The molecule has 1 rings (SSSR count). The van der Waals surface area contributed by atoms with E-state index in [1.807, 2.05) is 0 Å². The van der Waals surface area contributed by atoms with Gasteiger partial charge in [-0.15, -0.1) is 0 Å². The molecular weight excluding hydrogens is 122 g/mol. The maximum Gasteiger partial charge on any atom is 0.360 e. The molecule has 4 nitrogen and oxygen atoms in total. The minimum absolute atomic E-state index is 0.192. The fourth-order valence-corrected chi connectivity index (χ4v) is 0.422. The lowest BCUT2D eigenvalue weighted by Crippen LogP contribution is -2.00. The van der Waals surface area contributed by atoms with Crippen molar-refractivity contribution < 1.29 is 14.1 Å². The van der Waals surface area contributed by atoms with Gasteiger partial charge in [0.2, 0.25) is 0 Å². The van der Waals surface area contributed by atoms with Crippen LogP contribution < -0.4 is 0 Å². The lowest BCUT2D eigenvalue weighted by Gasteiger charge is -1.88. The van der Waals surface area contributed by atoms with Gasteiger partial charge in [0.15, 0.2) is 5.69 Å². The van der Waals surface area contributed by atoms with Crippen molar-refractivity contribution in [1.82, 2.24) is 5.16 Å². The summed E-state index contributed by atoms with van der Waals surface area (Å²) in [6.45, 7) is 0. The molecule has 1 aromatic rings. The van der Waals surface area contributed by atoms with Gasteiger partial charge in [0.1, 0.15) is 6.26 Å². The van der Waals surface area contributed by atoms with Crippen molar-refractivity contribution in [1.29, 1.82) is 0 Å². The molecule has 0 bridgehead atoms. The molecule has 0 saturated heterocycles. The molecule has 0 N–H and O–H groups in total. The molecule has 0 aliphatic carbocycles. The van der Waals surface area contributed by atoms with Gasteiger partial charge in [-0.1, -0.05) is 5.16 Å². The highest BCUT2D eigenvalue weighted by Crippen LogP contribution is 1.94. The van der Waals surface area contributed by atoms with Crippen LogP contribution in [0.25, 0.3) is 0 Å². The molecule has 0 aliphatic heterocycles. The first-order valence-corrected chi connectivity index (χ1v) is 2.33. The normalized spacial score (nSPS) is 9.00. The van der Waals surface area contributed by atoms with E-state index in [1.54, 1.807) is 0 Å². The molecule has 0 spiro atoms. The van der Waals surface area contributed by atoms with E-state index in [1.165, 1.54) is 19.4 Å². The number of esters is 1. The number of ether oxygens (including phenoxy) is 1.